The van der Waals surface area contributed by atoms with E-state index in [-0.39, 0.29) is 0 Å². The van der Waals surface area contributed by atoms with Crippen molar-refractivity contribution in [2.24, 2.45) is 52.3 Å². The fraction of sp³-hybridized carbons (Fsp3) is 0.852. The van der Waals surface area contributed by atoms with E-state index in [9.17, 15) is 5.11 Å². The third kappa shape index (κ3) is 3.06. The van der Waals surface area contributed by atoms with Crippen molar-refractivity contribution in [2.45, 2.75) is 86.0 Å². The number of aliphatic hydroxyl groups is 1. The van der Waals surface area contributed by atoms with Gasteiger partial charge >= 0.3 is 0 Å². The molecule has 0 saturated heterocycles. The van der Waals surface area contributed by atoms with Crippen molar-refractivity contribution in [3.05, 3.63) is 23.8 Å². The number of hydrogen-bond donors (Lipinski definition) is 1. The normalized spacial score (nSPS) is 47.4. The molecule has 0 aliphatic heterocycles. The molecule has 3 fully saturated rings. The summed E-state index contributed by atoms with van der Waals surface area (Å²) < 4.78 is 0. The molecule has 4 aliphatic carbocycles. The van der Waals surface area contributed by atoms with Crippen LogP contribution in [0.5, 0.6) is 0 Å². The van der Waals surface area contributed by atoms with E-state index in [0.29, 0.717) is 35.2 Å². The summed E-state index contributed by atoms with van der Waals surface area (Å²) in [6.45, 7) is 12.7. The molecule has 0 heterocycles. The van der Waals surface area contributed by atoms with Crippen LogP contribution in [0.2, 0.25) is 0 Å². The maximum Gasteiger partial charge on any atom is 0.0462 e. The average Bonchev–Trinajstić information content (AvgIpc) is 3.22. The van der Waals surface area contributed by atoms with Gasteiger partial charge in [-0.25, -0.2) is 0 Å². The Hall–Kier alpha value is -0.560. The zero-order valence-electron chi connectivity index (χ0n) is 19.1. The largest absolute Gasteiger partial charge is 0.396 e. The molecule has 4 rings (SSSR count). The topological polar surface area (TPSA) is 20.2 Å². The average molecular weight is 385 g/mol. The van der Waals surface area contributed by atoms with Gasteiger partial charge in [0.05, 0.1) is 0 Å². The molecule has 1 heteroatoms. The third-order valence-corrected chi connectivity index (χ3v) is 10.3. The summed E-state index contributed by atoms with van der Waals surface area (Å²) in [6.07, 6.45) is 18.4. The van der Waals surface area contributed by atoms with E-state index in [1.165, 1.54) is 51.4 Å². The number of hydrogen-bond acceptors (Lipinski definition) is 1. The molecule has 0 aromatic heterocycles. The molecular formula is C27H44O. The molecule has 0 spiro atoms. The Morgan fingerprint density at radius 2 is 1.75 bits per heavy atom. The first-order valence-corrected chi connectivity index (χ1v) is 12.3. The molecule has 0 bridgehead atoms. The van der Waals surface area contributed by atoms with Gasteiger partial charge in [-0.1, -0.05) is 64.8 Å². The molecule has 158 valence electrons. The fourth-order valence-electron chi connectivity index (χ4n) is 8.33. The van der Waals surface area contributed by atoms with Crippen molar-refractivity contribution in [3.63, 3.8) is 0 Å². The second kappa shape index (κ2) is 7.60. The van der Waals surface area contributed by atoms with Crippen molar-refractivity contribution < 1.29 is 5.11 Å². The maximum absolute atomic E-state index is 9.88. The van der Waals surface area contributed by atoms with Crippen LogP contribution >= 0.6 is 0 Å². The molecule has 2 unspecified atom stereocenters. The summed E-state index contributed by atoms with van der Waals surface area (Å²) in [4.78, 5) is 0. The van der Waals surface area contributed by atoms with Gasteiger partial charge in [0.25, 0.3) is 0 Å². The minimum atomic E-state index is 0.402. The van der Waals surface area contributed by atoms with Crippen LogP contribution in [0.25, 0.3) is 0 Å². The van der Waals surface area contributed by atoms with Crippen molar-refractivity contribution in [1.82, 2.24) is 0 Å². The van der Waals surface area contributed by atoms with Gasteiger partial charge in [0.2, 0.25) is 0 Å². The summed E-state index contributed by atoms with van der Waals surface area (Å²) in [5.74, 6) is 5.16. The summed E-state index contributed by atoms with van der Waals surface area (Å²) >= 11 is 0. The molecule has 9 atom stereocenters. The second-order valence-electron chi connectivity index (χ2n) is 11.5. The van der Waals surface area contributed by atoms with Crippen LogP contribution in [0, 0.1) is 52.3 Å². The number of allylic oxidation sites excluding steroid dienone is 4. The Morgan fingerprint density at radius 3 is 2.46 bits per heavy atom. The highest BCUT2D eigenvalue weighted by atomic mass is 16.3. The van der Waals surface area contributed by atoms with E-state index in [1.807, 2.05) is 5.57 Å². The molecule has 0 radical (unpaired) electrons. The Bertz CT molecular complexity index is 632. The van der Waals surface area contributed by atoms with Gasteiger partial charge in [-0.15, -0.1) is 0 Å². The molecular weight excluding hydrogens is 340 g/mol. The van der Waals surface area contributed by atoms with Gasteiger partial charge in [-0.05, 0) is 97.2 Å². The third-order valence-electron chi connectivity index (χ3n) is 10.3. The van der Waals surface area contributed by atoms with E-state index in [2.05, 4.69) is 52.8 Å². The van der Waals surface area contributed by atoms with E-state index in [4.69, 9.17) is 0 Å². The van der Waals surface area contributed by atoms with E-state index in [0.717, 1.165) is 23.7 Å². The first kappa shape index (κ1) is 20.7. The highest BCUT2D eigenvalue weighted by molar-refractivity contribution is 5.28. The van der Waals surface area contributed by atoms with Crippen molar-refractivity contribution in [1.29, 1.82) is 0 Å². The second-order valence-corrected chi connectivity index (χ2v) is 11.5. The Balaban J connectivity index is 1.56. The first-order chi connectivity index (χ1) is 13.3. The number of aliphatic hydroxyl groups excluding tert-OH is 1. The molecule has 0 aromatic carbocycles. The smallest absolute Gasteiger partial charge is 0.0462 e. The minimum absolute atomic E-state index is 0.402. The highest BCUT2D eigenvalue weighted by Gasteiger charge is 2.59. The lowest BCUT2D eigenvalue weighted by atomic mass is 9.50. The quantitative estimate of drug-likeness (QED) is 0.505. The van der Waals surface area contributed by atoms with E-state index < -0.39 is 0 Å². The minimum Gasteiger partial charge on any atom is -0.396 e. The zero-order valence-corrected chi connectivity index (χ0v) is 19.1. The summed E-state index contributed by atoms with van der Waals surface area (Å²) in [5, 5.41) is 9.88. The molecule has 28 heavy (non-hydrogen) atoms. The van der Waals surface area contributed by atoms with Crippen LogP contribution < -0.4 is 0 Å². The summed E-state index contributed by atoms with van der Waals surface area (Å²) in [5.41, 5.74) is 2.81. The Kier molecular flexibility index (Phi) is 5.62. The molecule has 3 saturated carbocycles. The van der Waals surface area contributed by atoms with E-state index >= 15 is 0 Å². The van der Waals surface area contributed by atoms with E-state index in [1.54, 1.807) is 0 Å². The highest BCUT2D eigenvalue weighted by Crippen LogP contribution is 2.68. The molecule has 0 aromatic rings. The molecule has 0 amide bonds. The lowest BCUT2D eigenvalue weighted by molar-refractivity contribution is 0.0192. The standard InChI is InChI=1S/C27H44O/c1-6-18(2)7-8-19(3)22-11-12-24-21-9-10-23-20(17-28)13-15-27(23,5)25(21)14-16-26(22,24)4/h7-9,18-20,22-25,28H,6,10-17H2,1-5H3/b8-7+/t18-,19-,20-,22-,23+,24?,25?,26-,27+/m1/s1. The van der Waals surface area contributed by atoms with Crippen LogP contribution in [0.4, 0.5) is 0 Å². The Labute approximate surface area is 174 Å². The predicted molar refractivity (Wildman–Crippen MR) is 119 cm³/mol. The van der Waals surface area contributed by atoms with Gasteiger partial charge < -0.3 is 5.11 Å². The SMILES string of the molecule is CC[C@@H](C)/C=C/[C@@H](C)[C@H]1CCC2C3=CC[C@H]4[C@@H](CO)CC[C@]4(C)C3CC[C@@]21C. The van der Waals surface area contributed by atoms with Crippen LogP contribution in [0.15, 0.2) is 23.8 Å². The van der Waals surface area contributed by atoms with Crippen LogP contribution in [-0.2, 0) is 0 Å². The maximum atomic E-state index is 9.88. The van der Waals surface area contributed by atoms with Crippen LogP contribution in [0.1, 0.15) is 86.0 Å². The van der Waals surface area contributed by atoms with Crippen LogP contribution in [-0.4, -0.2) is 11.7 Å². The molecule has 1 nitrogen and oxygen atoms in total. The fourth-order valence-corrected chi connectivity index (χ4v) is 8.33. The number of fused-ring (bicyclic) bond motifs is 5. The van der Waals surface area contributed by atoms with Crippen molar-refractivity contribution in [2.75, 3.05) is 6.61 Å². The van der Waals surface area contributed by atoms with Gasteiger partial charge in [-0.2, -0.15) is 0 Å². The zero-order chi connectivity index (χ0) is 20.1. The van der Waals surface area contributed by atoms with Gasteiger partial charge in [-0.3, -0.25) is 0 Å². The molecule has 4 aliphatic rings. The predicted octanol–water partition coefficient (Wildman–Crippen LogP) is 7.02. The monoisotopic (exact) mass is 384 g/mol. The summed E-state index contributed by atoms with van der Waals surface area (Å²) in [6, 6.07) is 0. The lowest BCUT2D eigenvalue weighted by Crippen LogP contribution is -2.46. The first-order valence-electron chi connectivity index (χ1n) is 12.3. The van der Waals surface area contributed by atoms with Crippen molar-refractivity contribution in [3.8, 4) is 0 Å². The van der Waals surface area contributed by atoms with Crippen LogP contribution in [0.3, 0.4) is 0 Å². The summed E-state index contributed by atoms with van der Waals surface area (Å²) in [7, 11) is 0. The van der Waals surface area contributed by atoms with Crippen molar-refractivity contribution >= 4 is 0 Å². The van der Waals surface area contributed by atoms with Gasteiger partial charge in [0.1, 0.15) is 0 Å². The van der Waals surface area contributed by atoms with Gasteiger partial charge in [0.15, 0.2) is 0 Å². The molecule has 1 N–H and O–H groups in total. The van der Waals surface area contributed by atoms with Gasteiger partial charge in [0, 0.05) is 6.61 Å². The number of rotatable bonds is 5. The Morgan fingerprint density at radius 1 is 1.04 bits per heavy atom. The lowest BCUT2D eigenvalue weighted by Gasteiger charge is -2.54.